The first-order valence-electron chi connectivity index (χ1n) is 13.1. The quantitative estimate of drug-likeness (QED) is 0.245. The van der Waals surface area contributed by atoms with E-state index in [2.05, 4.69) is 6.92 Å². The fraction of sp³-hybridized carbons (Fsp3) is 0.517. The van der Waals surface area contributed by atoms with E-state index in [0.29, 0.717) is 43.6 Å². The topological polar surface area (TPSA) is 94.5 Å². The summed E-state index contributed by atoms with van der Waals surface area (Å²) in [5.41, 5.74) is 0.848. The van der Waals surface area contributed by atoms with Crippen LogP contribution in [-0.4, -0.2) is 61.6 Å². The highest BCUT2D eigenvalue weighted by Crippen LogP contribution is 2.19. The molecular formula is C29H41NO7. The van der Waals surface area contributed by atoms with E-state index in [1.807, 2.05) is 12.1 Å². The predicted octanol–water partition coefficient (Wildman–Crippen LogP) is 5.97. The second-order valence-electron chi connectivity index (χ2n) is 8.78. The van der Waals surface area contributed by atoms with Gasteiger partial charge in [0.05, 0.1) is 13.7 Å². The highest BCUT2D eigenvalue weighted by Gasteiger charge is 2.18. The number of carboxylic acids is 1. The maximum atomic E-state index is 12.9. The molecular weight excluding hydrogens is 474 g/mol. The Kier molecular flexibility index (Phi) is 14.0. The second-order valence-corrected chi connectivity index (χ2v) is 8.78. The van der Waals surface area contributed by atoms with Crippen LogP contribution >= 0.6 is 0 Å². The summed E-state index contributed by atoms with van der Waals surface area (Å²) in [6.45, 7) is 5.60. The zero-order chi connectivity index (χ0) is 26.9. The average Bonchev–Trinajstić information content (AvgIpc) is 2.90. The van der Waals surface area contributed by atoms with Gasteiger partial charge in [-0.15, -0.1) is 0 Å². The van der Waals surface area contributed by atoms with E-state index in [4.69, 9.17) is 18.9 Å². The van der Waals surface area contributed by atoms with E-state index in [1.54, 1.807) is 55.3 Å². The molecule has 0 fully saturated rings. The fourth-order valence-corrected chi connectivity index (χ4v) is 3.81. The van der Waals surface area contributed by atoms with Crippen molar-refractivity contribution in [2.75, 3.05) is 33.4 Å². The molecule has 1 N–H and O–H groups in total. The number of nitrogens with zero attached hydrogens (tertiary/aromatic N) is 1. The summed E-state index contributed by atoms with van der Waals surface area (Å²) in [6, 6.07) is 14.2. The minimum atomic E-state index is -0.978. The second kappa shape index (κ2) is 17.2. The maximum absolute atomic E-state index is 12.9. The van der Waals surface area contributed by atoms with Gasteiger partial charge in [0.2, 0.25) is 0 Å². The average molecular weight is 516 g/mol. The van der Waals surface area contributed by atoms with Gasteiger partial charge in [0.15, 0.2) is 6.10 Å². The molecule has 1 amide bonds. The molecule has 1 atom stereocenters. The van der Waals surface area contributed by atoms with E-state index < -0.39 is 18.2 Å². The minimum Gasteiger partial charge on any atom is -0.497 e. The summed E-state index contributed by atoms with van der Waals surface area (Å²) < 4.78 is 21.9. The van der Waals surface area contributed by atoms with Gasteiger partial charge in [-0.3, -0.25) is 0 Å². The summed E-state index contributed by atoms with van der Waals surface area (Å²) in [4.78, 5) is 25.9. The number of rotatable bonds is 18. The van der Waals surface area contributed by atoms with Crippen LogP contribution in [0.25, 0.3) is 0 Å². The van der Waals surface area contributed by atoms with Crippen molar-refractivity contribution in [2.24, 2.45) is 0 Å². The molecule has 37 heavy (non-hydrogen) atoms. The lowest BCUT2D eigenvalue weighted by atomic mass is 10.1. The first kappa shape index (κ1) is 30.0. The zero-order valence-corrected chi connectivity index (χ0v) is 22.3. The van der Waals surface area contributed by atoms with Crippen LogP contribution in [0.3, 0.4) is 0 Å². The van der Waals surface area contributed by atoms with Crippen molar-refractivity contribution >= 4 is 12.1 Å². The SMILES string of the molecule is CCCCCCCCN(CCOc1ccc(CC(OCC)C(=O)O)cc1)C(=O)Oc1ccc(OC)cc1. The number of carbonyl (C=O) groups excluding carboxylic acids is 1. The molecule has 0 bridgehead atoms. The molecule has 8 heteroatoms. The van der Waals surface area contributed by atoms with Crippen molar-refractivity contribution in [2.45, 2.75) is 64.9 Å². The molecule has 0 aliphatic heterocycles. The number of unbranched alkanes of at least 4 members (excludes halogenated alkanes) is 5. The molecule has 1 unspecified atom stereocenters. The smallest absolute Gasteiger partial charge is 0.415 e. The lowest BCUT2D eigenvalue weighted by molar-refractivity contribution is -0.149. The van der Waals surface area contributed by atoms with Crippen molar-refractivity contribution in [1.29, 1.82) is 0 Å². The van der Waals surface area contributed by atoms with Crippen LogP contribution in [0.4, 0.5) is 4.79 Å². The first-order chi connectivity index (χ1) is 18.0. The van der Waals surface area contributed by atoms with Crippen molar-refractivity contribution < 1.29 is 33.6 Å². The van der Waals surface area contributed by atoms with Gasteiger partial charge in [-0.05, 0) is 55.3 Å². The Morgan fingerprint density at radius 2 is 1.46 bits per heavy atom. The summed E-state index contributed by atoms with van der Waals surface area (Å²) in [5.74, 6) is 0.825. The number of hydrogen-bond acceptors (Lipinski definition) is 6. The third-order valence-corrected chi connectivity index (χ3v) is 5.92. The van der Waals surface area contributed by atoms with Gasteiger partial charge in [-0.2, -0.15) is 0 Å². The standard InChI is InChI=1S/C29H41NO7/c1-4-6-7-8-9-10-19-30(29(33)37-26-17-15-24(34-3)16-18-26)20-21-36-25-13-11-23(12-14-25)22-27(28(31)32)35-5-2/h11-18,27H,4-10,19-22H2,1-3H3,(H,31,32). The van der Waals surface area contributed by atoms with Gasteiger partial charge < -0.3 is 29.0 Å². The Morgan fingerprint density at radius 1 is 0.838 bits per heavy atom. The fourth-order valence-electron chi connectivity index (χ4n) is 3.81. The summed E-state index contributed by atoms with van der Waals surface area (Å²) >= 11 is 0. The van der Waals surface area contributed by atoms with Gasteiger partial charge >= 0.3 is 12.1 Å². The van der Waals surface area contributed by atoms with Crippen LogP contribution in [0.1, 0.15) is 57.9 Å². The third kappa shape index (κ3) is 11.6. The Hall–Kier alpha value is -3.26. The molecule has 2 aromatic rings. The Bertz CT molecular complexity index is 915. The van der Waals surface area contributed by atoms with Crippen LogP contribution in [0.5, 0.6) is 17.2 Å². The lowest BCUT2D eigenvalue weighted by Crippen LogP contribution is -2.37. The number of carbonyl (C=O) groups is 2. The highest BCUT2D eigenvalue weighted by molar-refractivity contribution is 5.72. The van der Waals surface area contributed by atoms with E-state index in [1.165, 1.54) is 19.3 Å². The zero-order valence-electron chi connectivity index (χ0n) is 22.3. The summed E-state index contributed by atoms with van der Waals surface area (Å²) in [7, 11) is 1.59. The number of aliphatic carboxylic acids is 1. The van der Waals surface area contributed by atoms with Crippen molar-refractivity contribution in [3.63, 3.8) is 0 Å². The number of methoxy groups -OCH3 is 1. The number of benzene rings is 2. The monoisotopic (exact) mass is 515 g/mol. The number of carboxylic acid groups (broad SMARTS) is 1. The number of hydrogen-bond donors (Lipinski definition) is 1. The normalized spacial score (nSPS) is 11.5. The Balaban J connectivity index is 1.90. The molecule has 2 rings (SSSR count). The van der Waals surface area contributed by atoms with Crippen LogP contribution in [0.2, 0.25) is 0 Å². The molecule has 204 valence electrons. The predicted molar refractivity (Wildman–Crippen MR) is 143 cm³/mol. The summed E-state index contributed by atoms with van der Waals surface area (Å²) in [5, 5.41) is 9.27. The first-order valence-corrected chi connectivity index (χ1v) is 13.1. The maximum Gasteiger partial charge on any atom is 0.415 e. The molecule has 0 spiro atoms. The molecule has 0 aliphatic carbocycles. The van der Waals surface area contributed by atoms with E-state index in [9.17, 15) is 14.7 Å². The molecule has 2 aromatic carbocycles. The van der Waals surface area contributed by atoms with E-state index in [0.717, 1.165) is 24.8 Å². The lowest BCUT2D eigenvalue weighted by Gasteiger charge is -2.22. The van der Waals surface area contributed by atoms with Crippen molar-refractivity contribution in [3.05, 3.63) is 54.1 Å². The van der Waals surface area contributed by atoms with Gasteiger partial charge in [0, 0.05) is 19.6 Å². The number of amides is 1. The van der Waals surface area contributed by atoms with Crippen molar-refractivity contribution in [3.8, 4) is 17.2 Å². The molecule has 8 nitrogen and oxygen atoms in total. The van der Waals surface area contributed by atoms with Gasteiger partial charge in [0.25, 0.3) is 0 Å². The Labute approximate surface area is 220 Å². The van der Waals surface area contributed by atoms with E-state index in [-0.39, 0.29) is 6.42 Å². The molecule has 0 saturated heterocycles. The highest BCUT2D eigenvalue weighted by atomic mass is 16.6. The van der Waals surface area contributed by atoms with Crippen molar-refractivity contribution in [1.82, 2.24) is 4.90 Å². The summed E-state index contributed by atoms with van der Waals surface area (Å²) in [6.07, 6.45) is 5.77. The van der Waals surface area contributed by atoms with Crippen LogP contribution < -0.4 is 14.2 Å². The Morgan fingerprint density at radius 3 is 2.08 bits per heavy atom. The van der Waals surface area contributed by atoms with Crippen LogP contribution in [0.15, 0.2) is 48.5 Å². The molecule has 0 saturated carbocycles. The minimum absolute atomic E-state index is 0.284. The van der Waals surface area contributed by atoms with Crippen LogP contribution in [0, 0.1) is 0 Å². The molecule has 0 radical (unpaired) electrons. The third-order valence-electron chi connectivity index (χ3n) is 5.92. The van der Waals surface area contributed by atoms with Gasteiger partial charge in [-0.1, -0.05) is 51.2 Å². The molecule has 0 aliphatic rings. The van der Waals surface area contributed by atoms with Gasteiger partial charge in [-0.25, -0.2) is 9.59 Å². The van der Waals surface area contributed by atoms with E-state index >= 15 is 0 Å². The molecule has 0 heterocycles. The van der Waals surface area contributed by atoms with Gasteiger partial charge in [0.1, 0.15) is 23.9 Å². The van der Waals surface area contributed by atoms with Crippen LogP contribution in [-0.2, 0) is 16.0 Å². The number of ether oxygens (including phenoxy) is 4. The molecule has 0 aromatic heterocycles. The largest absolute Gasteiger partial charge is 0.497 e.